The second kappa shape index (κ2) is 5.92. The van der Waals surface area contributed by atoms with Crippen molar-refractivity contribution in [2.75, 3.05) is 19.8 Å². The first-order chi connectivity index (χ1) is 9.86. The molecule has 0 spiro atoms. The number of aryl methyl sites for hydroxylation is 1. The summed E-state index contributed by atoms with van der Waals surface area (Å²) in [5.41, 5.74) is 1.75. The Morgan fingerprint density at radius 2 is 2.05 bits per heavy atom. The van der Waals surface area contributed by atoms with Crippen LogP contribution in [0.15, 0.2) is 24.4 Å². The number of aliphatic hydroxyl groups excluding tert-OH is 1. The lowest BCUT2D eigenvalue weighted by Crippen LogP contribution is -1.98. The van der Waals surface area contributed by atoms with Crippen molar-refractivity contribution in [3.8, 4) is 17.2 Å². The number of hydrogen-bond acceptors (Lipinski definition) is 5. The lowest BCUT2D eigenvalue weighted by molar-refractivity contribution is 0.288. The zero-order chi connectivity index (χ0) is 13.8. The van der Waals surface area contributed by atoms with Crippen LogP contribution in [0.25, 0.3) is 5.69 Å². The summed E-state index contributed by atoms with van der Waals surface area (Å²) in [6.07, 6.45) is 4.18. The normalized spacial score (nSPS) is 14.1. The molecule has 1 N–H and O–H groups in total. The lowest BCUT2D eigenvalue weighted by Gasteiger charge is -2.08. The first kappa shape index (κ1) is 12.9. The van der Waals surface area contributed by atoms with Crippen LogP contribution in [0.4, 0.5) is 0 Å². The van der Waals surface area contributed by atoms with E-state index >= 15 is 0 Å². The van der Waals surface area contributed by atoms with E-state index in [4.69, 9.17) is 14.6 Å². The summed E-state index contributed by atoms with van der Waals surface area (Å²) in [5.74, 6) is 1.51. The molecule has 0 unspecified atom stereocenters. The molecule has 0 radical (unpaired) electrons. The van der Waals surface area contributed by atoms with Gasteiger partial charge in [-0.05, 0) is 25.0 Å². The van der Waals surface area contributed by atoms with Gasteiger partial charge in [0.05, 0.1) is 30.8 Å². The number of ether oxygens (including phenoxy) is 2. The van der Waals surface area contributed by atoms with E-state index in [0.29, 0.717) is 19.6 Å². The van der Waals surface area contributed by atoms with Gasteiger partial charge >= 0.3 is 0 Å². The van der Waals surface area contributed by atoms with Crippen LogP contribution < -0.4 is 9.47 Å². The second-order valence-corrected chi connectivity index (χ2v) is 4.66. The van der Waals surface area contributed by atoms with Crippen LogP contribution in [0, 0.1) is 0 Å². The Morgan fingerprint density at radius 3 is 2.90 bits per heavy atom. The molecule has 20 heavy (non-hydrogen) atoms. The summed E-state index contributed by atoms with van der Waals surface area (Å²) < 4.78 is 13.0. The molecule has 0 atom stereocenters. The molecule has 0 bridgehead atoms. The Balaban J connectivity index is 1.83. The maximum Gasteiger partial charge on any atom is 0.163 e. The molecule has 2 aromatic rings. The predicted octanol–water partition coefficient (Wildman–Crippen LogP) is 1.35. The molecule has 0 aliphatic carbocycles. The molecule has 1 aromatic heterocycles. The zero-order valence-corrected chi connectivity index (χ0v) is 11.2. The zero-order valence-electron chi connectivity index (χ0n) is 11.2. The average Bonchev–Trinajstić information content (AvgIpc) is 2.82. The van der Waals surface area contributed by atoms with Crippen LogP contribution >= 0.6 is 0 Å². The van der Waals surface area contributed by atoms with E-state index in [0.717, 1.165) is 35.7 Å². The standard InChI is InChI=1S/C14H17N3O3/c18-6-1-3-11-10-17(16-15-11)12-4-5-13-14(9-12)20-8-2-7-19-13/h4-5,9-10,18H,1-3,6-8H2. The van der Waals surface area contributed by atoms with Crippen molar-refractivity contribution in [3.63, 3.8) is 0 Å². The molecule has 0 amide bonds. The van der Waals surface area contributed by atoms with Crippen molar-refractivity contribution >= 4 is 0 Å². The summed E-state index contributed by atoms with van der Waals surface area (Å²) >= 11 is 0. The summed E-state index contributed by atoms with van der Waals surface area (Å²) in [6, 6.07) is 5.73. The molecule has 6 nitrogen and oxygen atoms in total. The summed E-state index contributed by atoms with van der Waals surface area (Å²) in [7, 11) is 0. The predicted molar refractivity (Wildman–Crippen MR) is 72.4 cm³/mol. The van der Waals surface area contributed by atoms with Crippen LogP contribution in [0.5, 0.6) is 11.5 Å². The SMILES string of the molecule is OCCCc1cn(-c2ccc3c(c2)OCCCO3)nn1. The van der Waals surface area contributed by atoms with Crippen molar-refractivity contribution in [2.24, 2.45) is 0 Å². The number of rotatable bonds is 4. The average molecular weight is 275 g/mol. The molecule has 0 saturated carbocycles. The van der Waals surface area contributed by atoms with Gasteiger partial charge in [0.1, 0.15) is 0 Å². The smallest absolute Gasteiger partial charge is 0.163 e. The van der Waals surface area contributed by atoms with Gasteiger partial charge < -0.3 is 14.6 Å². The monoisotopic (exact) mass is 275 g/mol. The number of hydrogen-bond donors (Lipinski definition) is 1. The van der Waals surface area contributed by atoms with Gasteiger partial charge in [0.15, 0.2) is 11.5 Å². The molecule has 1 aliphatic rings. The van der Waals surface area contributed by atoms with E-state index in [2.05, 4.69) is 10.3 Å². The summed E-state index contributed by atoms with van der Waals surface area (Å²) in [6.45, 7) is 1.51. The third-order valence-corrected chi connectivity index (χ3v) is 3.13. The van der Waals surface area contributed by atoms with Crippen molar-refractivity contribution in [1.29, 1.82) is 0 Å². The minimum absolute atomic E-state index is 0.164. The van der Waals surface area contributed by atoms with E-state index in [1.165, 1.54) is 0 Å². The van der Waals surface area contributed by atoms with Crippen molar-refractivity contribution in [1.82, 2.24) is 15.0 Å². The maximum absolute atomic E-state index is 8.83. The minimum Gasteiger partial charge on any atom is -0.490 e. The number of fused-ring (bicyclic) bond motifs is 1. The number of nitrogens with zero attached hydrogens (tertiary/aromatic N) is 3. The molecular weight excluding hydrogens is 258 g/mol. The number of benzene rings is 1. The Bertz CT molecular complexity index is 583. The first-order valence-corrected chi connectivity index (χ1v) is 6.79. The van der Waals surface area contributed by atoms with Gasteiger partial charge in [-0.2, -0.15) is 0 Å². The largest absolute Gasteiger partial charge is 0.490 e. The quantitative estimate of drug-likeness (QED) is 0.912. The lowest BCUT2D eigenvalue weighted by atomic mass is 10.2. The van der Waals surface area contributed by atoms with Crippen LogP contribution in [0.2, 0.25) is 0 Å². The number of aromatic nitrogens is 3. The van der Waals surface area contributed by atoms with Crippen molar-refractivity contribution in [2.45, 2.75) is 19.3 Å². The van der Waals surface area contributed by atoms with Crippen LogP contribution in [0.1, 0.15) is 18.5 Å². The summed E-state index contributed by atoms with van der Waals surface area (Å²) in [4.78, 5) is 0. The first-order valence-electron chi connectivity index (χ1n) is 6.79. The van der Waals surface area contributed by atoms with Crippen LogP contribution in [0.3, 0.4) is 0 Å². The third-order valence-electron chi connectivity index (χ3n) is 3.13. The number of aliphatic hydroxyl groups is 1. The highest BCUT2D eigenvalue weighted by molar-refractivity contribution is 5.48. The minimum atomic E-state index is 0.164. The molecule has 6 heteroatoms. The van der Waals surface area contributed by atoms with Gasteiger partial charge in [-0.1, -0.05) is 5.21 Å². The molecule has 0 fully saturated rings. The molecule has 2 heterocycles. The van der Waals surface area contributed by atoms with Crippen LogP contribution in [-0.2, 0) is 6.42 Å². The van der Waals surface area contributed by atoms with Gasteiger partial charge in [-0.15, -0.1) is 5.10 Å². The van der Waals surface area contributed by atoms with Crippen molar-refractivity contribution < 1.29 is 14.6 Å². The Kier molecular flexibility index (Phi) is 3.83. The van der Waals surface area contributed by atoms with Gasteiger partial charge in [0.25, 0.3) is 0 Å². The summed E-state index contributed by atoms with van der Waals surface area (Å²) in [5, 5.41) is 17.0. The fraction of sp³-hybridized carbons (Fsp3) is 0.429. The second-order valence-electron chi connectivity index (χ2n) is 4.66. The topological polar surface area (TPSA) is 69.4 Å². The fourth-order valence-corrected chi connectivity index (χ4v) is 2.09. The maximum atomic E-state index is 8.83. The molecule has 106 valence electrons. The fourth-order valence-electron chi connectivity index (χ4n) is 2.09. The van der Waals surface area contributed by atoms with Crippen molar-refractivity contribution in [3.05, 3.63) is 30.1 Å². The molecular formula is C14H17N3O3. The van der Waals surface area contributed by atoms with Gasteiger partial charge in [0, 0.05) is 19.1 Å². The Morgan fingerprint density at radius 1 is 1.20 bits per heavy atom. The van der Waals surface area contributed by atoms with E-state index < -0.39 is 0 Å². The van der Waals surface area contributed by atoms with E-state index in [1.807, 2.05) is 24.4 Å². The van der Waals surface area contributed by atoms with E-state index in [-0.39, 0.29) is 6.61 Å². The highest BCUT2D eigenvalue weighted by Crippen LogP contribution is 2.31. The molecule has 0 saturated heterocycles. The van der Waals surface area contributed by atoms with E-state index in [1.54, 1.807) is 4.68 Å². The van der Waals surface area contributed by atoms with Gasteiger partial charge in [-0.3, -0.25) is 0 Å². The molecule has 3 rings (SSSR count). The Labute approximate surface area is 116 Å². The molecule has 1 aromatic carbocycles. The molecule has 1 aliphatic heterocycles. The third kappa shape index (κ3) is 2.75. The van der Waals surface area contributed by atoms with Gasteiger partial charge in [-0.25, -0.2) is 4.68 Å². The van der Waals surface area contributed by atoms with E-state index in [9.17, 15) is 0 Å². The van der Waals surface area contributed by atoms with Crippen LogP contribution in [-0.4, -0.2) is 39.9 Å². The Hall–Kier alpha value is -2.08. The highest BCUT2D eigenvalue weighted by atomic mass is 16.5. The highest BCUT2D eigenvalue weighted by Gasteiger charge is 2.12. The van der Waals surface area contributed by atoms with Gasteiger partial charge in [0.2, 0.25) is 0 Å².